The minimum atomic E-state index is -4.34. The van der Waals surface area contributed by atoms with Crippen molar-refractivity contribution in [3.05, 3.63) is 130 Å². The van der Waals surface area contributed by atoms with Gasteiger partial charge in [-0.1, -0.05) is 97.1 Å². The average Bonchev–Trinajstić information content (AvgIpc) is 3.07. The van der Waals surface area contributed by atoms with E-state index in [1.54, 1.807) is 48.5 Å². The van der Waals surface area contributed by atoms with Gasteiger partial charge in [-0.15, -0.1) is 0 Å². The molecule has 0 aromatic heterocycles. The summed E-state index contributed by atoms with van der Waals surface area (Å²) >= 11 is 12.8. The van der Waals surface area contributed by atoms with Gasteiger partial charge >= 0.3 is 0 Å². The van der Waals surface area contributed by atoms with Gasteiger partial charge in [-0.05, 0) is 72.5 Å². The summed E-state index contributed by atoms with van der Waals surface area (Å²) in [5.41, 5.74) is 1.61. The Bertz CT molecular complexity index is 1770. The molecule has 7 nitrogen and oxygen atoms in total. The summed E-state index contributed by atoms with van der Waals surface area (Å²) in [6.07, 6.45) is 5.00. The highest BCUT2D eigenvalue weighted by Gasteiger charge is 2.35. The Kier molecular flexibility index (Phi) is 11.6. The van der Waals surface area contributed by atoms with Gasteiger partial charge in [0, 0.05) is 29.1 Å². The first-order valence-corrected chi connectivity index (χ1v) is 17.7. The average molecular weight is 697 g/mol. The number of anilines is 1. The van der Waals surface area contributed by atoms with Crippen LogP contribution in [0.2, 0.25) is 10.0 Å². The molecule has 4 aromatic carbocycles. The van der Waals surface area contributed by atoms with E-state index in [-0.39, 0.29) is 35.5 Å². The molecule has 1 N–H and O–H groups in total. The Hall–Kier alpha value is -3.92. The van der Waals surface area contributed by atoms with E-state index in [4.69, 9.17) is 23.2 Å². The SMILES string of the molecule is O=C(NC1CCCCC1)C(Cc1ccccc1)N(Cc1ccc(Cl)cc1Cl)C(=O)CN(c1ccccc1)S(=O)(=O)c1ccc(F)cc1. The molecule has 0 heterocycles. The van der Waals surface area contributed by atoms with Gasteiger partial charge in [0.15, 0.2) is 0 Å². The van der Waals surface area contributed by atoms with Gasteiger partial charge < -0.3 is 10.2 Å². The van der Waals surface area contributed by atoms with Crippen molar-refractivity contribution in [1.82, 2.24) is 10.2 Å². The summed E-state index contributed by atoms with van der Waals surface area (Å²) in [5.74, 6) is -1.54. The number of benzene rings is 4. The molecule has 2 amide bonds. The number of halogens is 3. The van der Waals surface area contributed by atoms with Crippen LogP contribution in [0.4, 0.5) is 10.1 Å². The molecule has 1 aliphatic carbocycles. The second kappa shape index (κ2) is 15.8. The van der Waals surface area contributed by atoms with E-state index in [1.807, 2.05) is 30.3 Å². The third kappa shape index (κ3) is 8.91. The van der Waals surface area contributed by atoms with Crippen molar-refractivity contribution in [3.63, 3.8) is 0 Å². The fourth-order valence-electron chi connectivity index (χ4n) is 5.79. The molecule has 5 rings (SSSR count). The quantitative estimate of drug-likeness (QED) is 0.167. The summed E-state index contributed by atoms with van der Waals surface area (Å²) in [7, 11) is -4.34. The molecule has 0 saturated heterocycles. The highest BCUT2D eigenvalue weighted by Crippen LogP contribution is 2.28. The van der Waals surface area contributed by atoms with Crippen LogP contribution >= 0.6 is 23.2 Å². The molecule has 1 atom stereocenters. The first kappa shape index (κ1) is 34.4. The topological polar surface area (TPSA) is 86.8 Å². The lowest BCUT2D eigenvalue weighted by Crippen LogP contribution is -2.55. The number of nitrogens with one attached hydrogen (secondary N) is 1. The molecule has 47 heavy (non-hydrogen) atoms. The zero-order valence-corrected chi connectivity index (χ0v) is 28.0. The number of para-hydroxylation sites is 1. The van der Waals surface area contributed by atoms with Gasteiger partial charge in [-0.2, -0.15) is 0 Å². The van der Waals surface area contributed by atoms with Crippen LogP contribution in [0.5, 0.6) is 0 Å². The molecule has 0 radical (unpaired) electrons. The minimum Gasteiger partial charge on any atom is -0.352 e. The van der Waals surface area contributed by atoms with E-state index >= 15 is 0 Å². The number of nitrogens with zero attached hydrogens (tertiary/aromatic N) is 2. The standard InChI is InChI=1S/C36H36Cl2FN3O4S/c37-28-17-16-27(33(38)23-28)24-41(34(22-26-10-4-1-5-11-26)36(44)40-30-12-6-2-7-13-30)35(43)25-42(31-14-8-3-9-15-31)47(45,46)32-20-18-29(39)19-21-32/h1,3-5,8-11,14-21,23,30,34H,2,6-7,12-13,22,24-25H2,(H,40,44). The molecule has 1 fully saturated rings. The van der Waals surface area contributed by atoms with Crippen molar-refractivity contribution in [1.29, 1.82) is 0 Å². The van der Waals surface area contributed by atoms with E-state index < -0.39 is 34.3 Å². The van der Waals surface area contributed by atoms with E-state index in [0.717, 1.165) is 66.2 Å². The number of sulfonamides is 1. The monoisotopic (exact) mass is 695 g/mol. The zero-order valence-electron chi connectivity index (χ0n) is 25.7. The van der Waals surface area contributed by atoms with Crippen molar-refractivity contribution in [2.75, 3.05) is 10.8 Å². The molecule has 11 heteroatoms. The van der Waals surface area contributed by atoms with Gasteiger partial charge in [0.25, 0.3) is 10.0 Å². The Morgan fingerprint density at radius 3 is 2.13 bits per heavy atom. The van der Waals surface area contributed by atoms with Gasteiger partial charge in [-0.3, -0.25) is 13.9 Å². The fraction of sp³-hybridized carbons (Fsp3) is 0.278. The molecule has 1 saturated carbocycles. The van der Waals surface area contributed by atoms with Crippen LogP contribution < -0.4 is 9.62 Å². The molecule has 0 bridgehead atoms. The van der Waals surface area contributed by atoms with Gasteiger partial charge in [0.05, 0.1) is 10.6 Å². The predicted molar refractivity (Wildman–Crippen MR) is 183 cm³/mol. The van der Waals surface area contributed by atoms with Gasteiger partial charge in [0.2, 0.25) is 11.8 Å². The van der Waals surface area contributed by atoms with E-state index in [1.165, 1.54) is 4.90 Å². The van der Waals surface area contributed by atoms with E-state index in [0.29, 0.717) is 15.6 Å². The maximum Gasteiger partial charge on any atom is 0.264 e. The largest absolute Gasteiger partial charge is 0.352 e. The van der Waals surface area contributed by atoms with Crippen LogP contribution in [-0.2, 0) is 32.6 Å². The van der Waals surface area contributed by atoms with Gasteiger partial charge in [0.1, 0.15) is 18.4 Å². The highest BCUT2D eigenvalue weighted by atomic mass is 35.5. The lowest BCUT2D eigenvalue weighted by molar-refractivity contribution is -0.140. The predicted octanol–water partition coefficient (Wildman–Crippen LogP) is 7.42. The third-order valence-electron chi connectivity index (χ3n) is 8.30. The van der Waals surface area contributed by atoms with Crippen molar-refractivity contribution in [3.8, 4) is 0 Å². The van der Waals surface area contributed by atoms with Crippen molar-refractivity contribution >= 4 is 50.7 Å². The Balaban J connectivity index is 1.56. The molecular weight excluding hydrogens is 660 g/mol. The van der Waals surface area contributed by atoms with Crippen LogP contribution in [0.1, 0.15) is 43.2 Å². The summed E-state index contributed by atoms with van der Waals surface area (Å²) in [6, 6.07) is 25.9. The Morgan fingerprint density at radius 1 is 0.851 bits per heavy atom. The maximum atomic E-state index is 14.6. The normalized spacial score (nSPS) is 14.3. The summed E-state index contributed by atoms with van der Waals surface area (Å²) in [6.45, 7) is -0.708. The molecule has 0 spiro atoms. The molecule has 1 aliphatic rings. The van der Waals surface area contributed by atoms with Crippen LogP contribution in [0.15, 0.2) is 108 Å². The van der Waals surface area contributed by atoms with E-state index in [9.17, 15) is 22.4 Å². The highest BCUT2D eigenvalue weighted by molar-refractivity contribution is 7.92. The molecule has 0 aliphatic heterocycles. The number of hydrogen-bond donors (Lipinski definition) is 1. The Labute approximate surface area is 285 Å². The minimum absolute atomic E-state index is 0.0229. The van der Waals surface area contributed by atoms with Crippen molar-refractivity contribution < 1.29 is 22.4 Å². The number of carbonyl (C=O) groups is 2. The summed E-state index contributed by atoms with van der Waals surface area (Å²) < 4.78 is 42.8. The second-order valence-electron chi connectivity index (χ2n) is 11.6. The number of carbonyl (C=O) groups excluding carboxylic acids is 2. The Morgan fingerprint density at radius 2 is 1.49 bits per heavy atom. The van der Waals surface area contributed by atoms with Crippen LogP contribution in [0.25, 0.3) is 0 Å². The zero-order chi connectivity index (χ0) is 33.4. The fourth-order valence-corrected chi connectivity index (χ4v) is 7.67. The number of hydrogen-bond acceptors (Lipinski definition) is 4. The van der Waals surface area contributed by atoms with E-state index in [2.05, 4.69) is 5.32 Å². The number of amides is 2. The lowest BCUT2D eigenvalue weighted by atomic mass is 9.94. The second-order valence-corrected chi connectivity index (χ2v) is 14.3. The smallest absolute Gasteiger partial charge is 0.264 e. The number of rotatable bonds is 12. The molecule has 4 aromatic rings. The third-order valence-corrected chi connectivity index (χ3v) is 10.7. The van der Waals surface area contributed by atoms with Crippen molar-refractivity contribution in [2.45, 2.75) is 62.0 Å². The van der Waals surface area contributed by atoms with Crippen molar-refractivity contribution in [2.24, 2.45) is 0 Å². The van der Waals surface area contributed by atoms with Gasteiger partial charge in [-0.25, -0.2) is 12.8 Å². The first-order chi connectivity index (χ1) is 22.6. The first-order valence-electron chi connectivity index (χ1n) is 15.5. The summed E-state index contributed by atoms with van der Waals surface area (Å²) in [4.78, 5) is 30.0. The maximum absolute atomic E-state index is 14.6. The molecular formula is C36H36Cl2FN3O4S. The summed E-state index contributed by atoms with van der Waals surface area (Å²) in [5, 5.41) is 3.89. The van der Waals surface area contributed by atoms with Crippen LogP contribution in [0, 0.1) is 5.82 Å². The van der Waals surface area contributed by atoms with Crippen LogP contribution in [0.3, 0.4) is 0 Å². The molecule has 246 valence electrons. The lowest BCUT2D eigenvalue weighted by Gasteiger charge is -2.35. The molecule has 1 unspecified atom stereocenters. The van der Waals surface area contributed by atoms with Crippen LogP contribution in [-0.4, -0.2) is 43.8 Å².